The predicted molar refractivity (Wildman–Crippen MR) is 104 cm³/mol. The van der Waals surface area contributed by atoms with E-state index < -0.39 is 11.7 Å². The van der Waals surface area contributed by atoms with Gasteiger partial charge in [-0.05, 0) is 56.0 Å². The van der Waals surface area contributed by atoms with Crippen LogP contribution in [0.25, 0.3) is 0 Å². The summed E-state index contributed by atoms with van der Waals surface area (Å²) in [6, 6.07) is 3.08. The molecule has 1 unspecified atom stereocenters. The van der Waals surface area contributed by atoms with Crippen molar-refractivity contribution >= 4 is 24.0 Å². The summed E-state index contributed by atoms with van der Waals surface area (Å²) in [6.45, 7) is 4.35. The number of amides is 1. The van der Waals surface area contributed by atoms with E-state index in [4.69, 9.17) is 9.47 Å². The van der Waals surface area contributed by atoms with E-state index in [1.807, 2.05) is 6.92 Å². The monoisotopic (exact) mass is 424 g/mol. The molecule has 0 aromatic heterocycles. The summed E-state index contributed by atoms with van der Waals surface area (Å²) in [7, 11) is 1.50. The van der Waals surface area contributed by atoms with Crippen molar-refractivity contribution in [3.63, 3.8) is 0 Å². The third-order valence-corrected chi connectivity index (χ3v) is 4.82. The molecule has 1 heterocycles. The molecular formula is C19H28ClF3N2O3. The van der Waals surface area contributed by atoms with Gasteiger partial charge in [-0.25, -0.2) is 0 Å². The summed E-state index contributed by atoms with van der Waals surface area (Å²) >= 11 is 0. The molecule has 2 rings (SSSR count). The number of halogens is 4. The second-order valence-corrected chi connectivity index (χ2v) is 6.87. The van der Waals surface area contributed by atoms with E-state index >= 15 is 0 Å². The summed E-state index contributed by atoms with van der Waals surface area (Å²) in [4.78, 5) is 12.4. The lowest BCUT2D eigenvalue weighted by molar-refractivity contribution is -0.137. The molecule has 9 heteroatoms. The molecule has 1 saturated heterocycles. The average Bonchev–Trinajstić information content (AvgIpc) is 2.62. The van der Waals surface area contributed by atoms with Crippen LogP contribution in [0.2, 0.25) is 0 Å². The molecule has 0 saturated carbocycles. The van der Waals surface area contributed by atoms with Crippen LogP contribution in [-0.4, -0.2) is 39.3 Å². The highest BCUT2D eigenvalue weighted by Crippen LogP contribution is 2.35. The Morgan fingerprint density at radius 3 is 2.57 bits per heavy atom. The van der Waals surface area contributed by atoms with Crippen molar-refractivity contribution in [3.05, 3.63) is 23.8 Å². The molecule has 1 atom stereocenters. The van der Waals surface area contributed by atoms with Crippen molar-refractivity contribution < 1.29 is 27.4 Å². The zero-order valence-electron chi connectivity index (χ0n) is 16.1. The van der Waals surface area contributed by atoms with Crippen LogP contribution in [0.5, 0.6) is 5.75 Å². The van der Waals surface area contributed by atoms with Gasteiger partial charge in [0, 0.05) is 13.5 Å². The number of rotatable bonds is 8. The van der Waals surface area contributed by atoms with Crippen molar-refractivity contribution in [1.29, 1.82) is 0 Å². The molecule has 5 nitrogen and oxygen atoms in total. The third kappa shape index (κ3) is 7.48. The molecule has 1 aliphatic heterocycles. The molecule has 0 aliphatic carbocycles. The SMILES string of the molecule is COCCOc1ccc(C(F)(F)F)cc1NC(=O)CC(C)C1CCNCC1.Cl. The highest BCUT2D eigenvalue weighted by molar-refractivity contribution is 5.92. The van der Waals surface area contributed by atoms with Crippen LogP contribution in [0, 0.1) is 11.8 Å². The summed E-state index contributed by atoms with van der Waals surface area (Å²) in [5, 5.41) is 5.88. The van der Waals surface area contributed by atoms with E-state index in [0.717, 1.165) is 38.1 Å². The van der Waals surface area contributed by atoms with E-state index in [1.54, 1.807) is 0 Å². The van der Waals surface area contributed by atoms with Crippen LogP contribution in [0.4, 0.5) is 18.9 Å². The Bertz CT molecular complexity index is 623. The lowest BCUT2D eigenvalue weighted by Gasteiger charge is -2.28. The van der Waals surface area contributed by atoms with E-state index in [-0.39, 0.29) is 48.7 Å². The van der Waals surface area contributed by atoms with Crippen molar-refractivity contribution in [2.24, 2.45) is 11.8 Å². The highest BCUT2D eigenvalue weighted by atomic mass is 35.5. The fraction of sp³-hybridized carbons (Fsp3) is 0.632. The van der Waals surface area contributed by atoms with Crippen molar-refractivity contribution in [2.45, 2.75) is 32.4 Å². The fourth-order valence-corrected chi connectivity index (χ4v) is 3.24. The summed E-state index contributed by atoms with van der Waals surface area (Å²) in [6.07, 6.45) is -2.22. The Labute approximate surface area is 169 Å². The van der Waals surface area contributed by atoms with Crippen LogP contribution < -0.4 is 15.4 Å². The summed E-state index contributed by atoms with van der Waals surface area (Å²) < 4.78 is 49.4. The zero-order valence-corrected chi connectivity index (χ0v) is 16.9. The standard InChI is InChI=1S/C19H27F3N2O3.ClH/c1-13(14-5-7-23-8-6-14)11-18(25)24-16-12-15(19(20,21)22)3-4-17(16)27-10-9-26-2;/h3-4,12-14,23H,5-11H2,1-2H3,(H,24,25);1H. The zero-order chi connectivity index (χ0) is 19.9. The maximum Gasteiger partial charge on any atom is 0.416 e. The maximum absolute atomic E-state index is 13.0. The fourth-order valence-electron chi connectivity index (χ4n) is 3.24. The van der Waals surface area contributed by atoms with Gasteiger partial charge in [0.05, 0.1) is 17.9 Å². The molecule has 0 spiro atoms. The van der Waals surface area contributed by atoms with Gasteiger partial charge < -0.3 is 20.1 Å². The van der Waals surface area contributed by atoms with Gasteiger partial charge in [0.15, 0.2) is 0 Å². The first-order chi connectivity index (χ1) is 12.8. The molecule has 160 valence electrons. The van der Waals surface area contributed by atoms with Crippen LogP contribution in [0.1, 0.15) is 31.7 Å². The predicted octanol–water partition coefficient (Wildman–Crippen LogP) is 4.12. The number of alkyl halides is 3. The molecule has 1 amide bonds. The number of anilines is 1. The molecule has 1 aromatic rings. The van der Waals surface area contributed by atoms with Gasteiger partial charge in [-0.3, -0.25) is 4.79 Å². The Morgan fingerprint density at radius 1 is 1.29 bits per heavy atom. The number of carbonyl (C=O) groups is 1. The van der Waals surface area contributed by atoms with E-state index in [2.05, 4.69) is 10.6 Å². The lowest BCUT2D eigenvalue weighted by atomic mass is 9.84. The molecule has 1 fully saturated rings. The van der Waals surface area contributed by atoms with Gasteiger partial charge in [0.25, 0.3) is 0 Å². The number of benzene rings is 1. The number of ether oxygens (including phenoxy) is 2. The minimum Gasteiger partial charge on any atom is -0.489 e. The minimum atomic E-state index is -4.49. The highest BCUT2D eigenvalue weighted by Gasteiger charge is 2.31. The number of hydrogen-bond acceptors (Lipinski definition) is 4. The van der Waals surface area contributed by atoms with Crippen LogP contribution >= 0.6 is 12.4 Å². The molecule has 0 bridgehead atoms. The van der Waals surface area contributed by atoms with Crippen LogP contribution in [-0.2, 0) is 15.7 Å². The quantitative estimate of drug-likeness (QED) is 0.616. The molecule has 2 N–H and O–H groups in total. The van der Waals surface area contributed by atoms with Crippen molar-refractivity contribution in [2.75, 3.05) is 38.7 Å². The molecule has 0 radical (unpaired) electrons. The molecule has 28 heavy (non-hydrogen) atoms. The number of carbonyl (C=O) groups excluding carboxylic acids is 1. The smallest absolute Gasteiger partial charge is 0.416 e. The number of nitrogens with one attached hydrogen (secondary N) is 2. The molecule has 1 aromatic carbocycles. The summed E-state index contributed by atoms with van der Waals surface area (Å²) in [5.41, 5.74) is -0.799. The van der Waals surface area contributed by atoms with Crippen molar-refractivity contribution in [1.82, 2.24) is 5.32 Å². The number of hydrogen-bond donors (Lipinski definition) is 2. The third-order valence-electron chi connectivity index (χ3n) is 4.82. The Kier molecular flexibility index (Phi) is 10.1. The second-order valence-electron chi connectivity index (χ2n) is 6.87. The Morgan fingerprint density at radius 2 is 1.96 bits per heavy atom. The normalized spacial score (nSPS) is 16.2. The first-order valence-corrected chi connectivity index (χ1v) is 9.14. The largest absolute Gasteiger partial charge is 0.489 e. The van der Waals surface area contributed by atoms with E-state index in [0.29, 0.717) is 12.5 Å². The first-order valence-electron chi connectivity index (χ1n) is 9.14. The van der Waals surface area contributed by atoms with Gasteiger partial charge in [0.1, 0.15) is 12.4 Å². The second kappa shape index (κ2) is 11.5. The molecular weight excluding hydrogens is 397 g/mol. The topological polar surface area (TPSA) is 59.6 Å². The van der Waals surface area contributed by atoms with Gasteiger partial charge in [0.2, 0.25) is 5.91 Å². The summed E-state index contributed by atoms with van der Waals surface area (Å²) in [5.74, 6) is 0.492. The maximum atomic E-state index is 13.0. The van der Waals surface area contributed by atoms with E-state index in [1.165, 1.54) is 13.2 Å². The van der Waals surface area contributed by atoms with E-state index in [9.17, 15) is 18.0 Å². The molecule has 1 aliphatic rings. The van der Waals surface area contributed by atoms with Crippen LogP contribution in [0.15, 0.2) is 18.2 Å². The number of piperidine rings is 1. The lowest BCUT2D eigenvalue weighted by Crippen LogP contribution is -2.32. The van der Waals surface area contributed by atoms with Gasteiger partial charge >= 0.3 is 6.18 Å². The van der Waals surface area contributed by atoms with Gasteiger partial charge in [-0.2, -0.15) is 13.2 Å². The number of methoxy groups -OCH3 is 1. The van der Waals surface area contributed by atoms with Gasteiger partial charge in [-0.1, -0.05) is 6.92 Å². The van der Waals surface area contributed by atoms with Crippen LogP contribution in [0.3, 0.4) is 0 Å². The van der Waals surface area contributed by atoms with Gasteiger partial charge in [-0.15, -0.1) is 12.4 Å². The Hall–Kier alpha value is -1.51. The van der Waals surface area contributed by atoms with Crippen molar-refractivity contribution in [3.8, 4) is 5.75 Å². The minimum absolute atomic E-state index is 0. The Balaban J connectivity index is 0.00000392. The first kappa shape index (κ1) is 24.5. The average molecular weight is 425 g/mol.